The molecule has 0 saturated carbocycles. The molecule has 1 fully saturated rings. The lowest BCUT2D eigenvalue weighted by Gasteiger charge is -2.29. The van der Waals surface area contributed by atoms with Gasteiger partial charge in [-0.25, -0.2) is 4.79 Å². The van der Waals surface area contributed by atoms with Gasteiger partial charge in [0.2, 0.25) is 5.91 Å². The maximum absolute atomic E-state index is 12.5. The molecule has 1 aliphatic heterocycles. The van der Waals surface area contributed by atoms with Gasteiger partial charge in [0.05, 0.1) is 12.6 Å². The maximum Gasteiger partial charge on any atom is 0.323 e. The summed E-state index contributed by atoms with van der Waals surface area (Å²) in [7, 11) is 0. The zero-order valence-electron chi connectivity index (χ0n) is 16.5. The quantitative estimate of drug-likeness (QED) is 0.705. The number of nitrogens with one attached hydrogen (secondary N) is 2. The predicted molar refractivity (Wildman–Crippen MR) is 113 cm³/mol. The number of hydrogen-bond donors (Lipinski definition) is 3. The van der Waals surface area contributed by atoms with Crippen molar-refractivity contribution in [2.24, 2.45) is 5.41 Å². The lowest BCUT2D eigenvalue weighted by atomic mass is 9.83. The molecule has 4 rings (SSSR count). The van der Waals surface area contributed by atoms with Crippen LogP contribution in [0.2, 0.25) is 5.02 Å². The van der Waals surface area contributed by atoms with E-state index in [4.69, 9.17) is 11.6 Å². The monoisotopic (exact) mass is 413 g/mol. The summed E-state index contributed by atoms with van der Waals surface area (Å²) in [4.78, 5) is 26.7. The highest BCUT2D eigenvalue weighted by molar-refractivity contribution is 6.30. The molecular formula is C22H24ClN3O3. The fraction of sp³-hybridized carbons (Fsp3) is 0.364. The Morgan fingerprint density at radius 2 is 2.03 bits per heavy atom. The third-order valence-corrected chi connectivity index (χ3v) is 6.15. The van der Waals surface area contributed by atoms with Crippen molar-refractivity contribution in [1.29, 1.82) is 0 Å². The number of carbonyl (C=O) groups is 2. The fourth-order valence-electron chi connectivity index (χ4n) is 4.70. The van der Waals surface area contributed by atoms with E-state index in [0.717, 1.165) is 17.5 Å². The number of aryl methyl sites for hydroxylation is 1. The fourth-order valence-corrected chi connectivity index (χ4v) is 4.93. The van der Waals surface area contributed by atoms with Gasteiger partial charge < -0.3 is 20.6 Å². The lowest BCUT2D eigenvalue weighted by Crippen LogP contribution is -2.32. The van der Waals surface area contributed by atoms with E-state index in [0.29, 0.717) is 29.4 Å². The van der Waals surface area contributed by atoms with Gasteiger partial charge in [-0.1, -0.05) is 24.6 Å². The van der Waals surface area contributed by atoms with Crippen LogP contribution in [0, 0.1) is 12.3 Å². The minimum absolute atomic E-state index is 0.0611. The SMILES string of the molecule is Cc1cc(Cl)ccc1NC(=O)Nc1ccc2c(c1)C1N(CCO)C(=O)CC1(C)C2. The van der Waals surface area contributed by atoms with Crippen molar-refractivity contribution in [2.45, 2.75) is 32.7 Å². The molecule has 0 spiro atoms. The molecule has 2 unspecified atom stereocenters. The number of benzene rings is 2. The van der Waals surface area contributed by atoms with Gasteiger partial charge >= 0.3 is 6.03 Å². The highest BCUT2D eigenvalue weighted by Crippen LogP contribution is 2.55. The van der Waals surface area contributed by atoms with Gasteiger partial charge in [-0.15, -0.1) is 0 Å². The zero-order chi connectivity index (χ0) is 20.8. The van der Waals surface area contributed by atoms with Crippen LogP contribution in [0.1, 0.15) is 36.1 Å². The van der Waals surface area contributed by atoms with Crippen molar-refractivity contribution in [2.75, 3.05) is 23.8 Å². The van der Waals surface area contributed by atoms with Crippen molar-refractivity contribution in [1.82, 2.24) is 4.90 Å². The number of likely N-dealkylation sites (tertiary alicyclic amines) is 1. The summed E-state index contributed by atoms with van der Waals surface area (Å²) >= 11 is 5.97. The normalized spacial score (nSPS) is 22.4. The molecule has 29 heavy (non-hydrogen) atoms. The molecule has 3 amide bonds. The summed E-state index contributed by atoms with van der Waals surface area (Å²) in [5.41, 5.74) is 4.30. The third kappa shape index (κ3) is 3.58. The van der Waals surface area contributed by atoms with Gasteiger partial charge in [0, 0.05) is 34.8 Å². The minimum atomic E-state index is -0.342. The molecular weight excluding hydrogens is 390 g/mol. The second kappa shape index (κ2) is 7.35. The van der Waals surface area contributed by atoms with Crippen molar-refractivity contribution >= 4 is 34.9 Å². The minimum Gasteiger partial charge on any atom is -0.395 e. The Bertz CT molecular complexity index is 993. The van der Waals surface area contributed by atoms with Gasteiger partial charge in [0.25, 0.3) is 0 Å². The van der Waals surface area contributed by atoms with Gasteiger partial charge in [-0.2, -0.15) is 0 Å². The van der Waals surface area contributed by atoms with E-state index >= 15 is 0 Å². The van der Waals surface area contributed by atoms with Gasteiger partial charge in [0.15, 0.2) is 0 Å². The molecule has 0 radical (unpaired) electrons. The number of amides is 3. The number of carbonyl (C=O) groups excluding carboxylic acids is 2. The molecule has 1 heterocycles. The van der Waals surface area contributed by atoms with Crippen molar-refractivity contribution < 1.29 is 14.7 Å². The predicted octanol–water partition coefficient (Wildman–Crippen LogP) is 4.12. The molecule has 1 saturated heterocycles. The van der Waals surface area contributed by atoms with Gasteiger partial charge in [0.1, 0.15) is 0 Å². The van der Waals surface area contributed by atoms with E-state index in [1.807, 2.05) is 25.1 Å². The molecule has 0 bridgehead atoms. The highest BCUT2D eigenvalue weighted by Gasteiger charge is 2.53. The van der Waals surface area contributed by atoms with E-state index in [1.54, 1.807) is 23.1 Å². The van der Waals surface area contributed by atoms with Gasteiger partial charge in [-0.05, 0) is 60.4 Å². The Labute approximate surface area is 174 Å². The van der Waals surface area contributed by atoms with Crippen LogP contribution in [0.25, 0.3) is 0 Å². The number of aliphatic hydroxyl groups excluding tert-OH is 1. The molecule has 2 aliphatic rings. The molecule has 2 aromatic carbocycles. The highest BCUT2D eigenvalue weighted by atomic mass is 35.5. The zero-order valence-corrected chi connectivity index (χ0v) is 17.2. The first kappa shape index (κ1) is 19.7. The number of β-amino-alcohol motifs (C(OH)–C–C–N with tert-alkyl or cyclic N) is 1. The second-order valence-electron chi connectivity index (χ2n) is 8.17. The van der Waals surface area contributed by atoms with E-state index in [2.05, 4.69) is 17.6 Å². The molecule has 2 atom stereocenters. The number of aliphatic hydroxyl groups is 1. The van der Waals surface area contributed by atoms with Crippen LogP contribution in [-0.2, 0) is 11.2 Å². The summed E-state index contributed by atoms with van der Waals surface area (Å²) in [6.45, 7) is 4.27. The number of fused-ring (bicyclic) bond motifs is 3. The smallest absolute Gasteiger partial charge is 0.323 e. The van der Waals surface area contributed by atoms with Crippen LogP contribution in [0.4, 0.5) is 16.2 Å². The van der Waals surface area contributed by atoms with Crippen LogP contribution < -0.4 is 10.6 Å². The van der Waals surface area contributed by atoms with Gasteiger partial charge in [-0.3, -0.25) is 4.79 Å². The van der Waals surface area contributed by atoms with E-state index in [1.165, 1.54) is 5.56 Å². The van der Waals surface area contributed by atoms with Crippen molar-refractivity contribution in [3.05, 3.63) is 58.1 Å². The van der Waals surface area contributed by atoms with Crippen molar-refractivity contribution in [3.63, 3.8) is 0 Å². The molecule has 152 valence electrons. The summed E-state index contributed by atoms with van der Waals surface area (Å²) in [6.07, 6.45) is 1.29. The Hall–Kier alpha value is -2.57. The molecule has 6 nitrogen and oxygen atoms in total. The third-order valence-electron chi connectivity index (χ3n) is 5.92. The van der Waals surface area contributed by atoms with Crippen LogP contribution in [0.5, 0.6) is 0 Å². The molecule has 7 heteroatoms. The summed E-state index contributed by atoms with van der Waals surface area (Å²) < 4.78 is 0. The number of urea groups is 1. The first-order chi connectivity index (χ1) is 13.8. The number of anilines is 2. The average molecular weight is 414 g/mol. The molecule has 3 N–H and O–H groups in total. The lowest BCUT2D eigenvalue weighted by molar-refractivity contribution is -0.129. The first-order valence-corrected chi connectivity index (χ1v) is 10.1. The number of rotatable bonds is 4. The van der Waals surface area contributed by atoms with E-state index in [9.17, 15) is 14.7 Å². The number of hydrogen-bond acceptors (Lipinski definition) is 3. The summed E-state index contributed by atoms with van der Waals surface area (Å²) in [6, 6.07) is 10.7. The standard InChI is InChI=1S/C22H24ClN3O3/c1-13-9-15(23)4-6-18(13)25-21(29)24-16-5-3-14-11-22(2)12-19(28)26(7-8-27)20(22)17(14)10-16/h3-6,9-10,20,27H,7-8,11-12H2,1-2H3,(H2,24,25,29). The Kier molecular flexibility index (Phi) is 5.00. The van der Waals surface area contributed by atoms with Crippen molar-refractivity contribution in [3.8, 4) is 0 Å². The Morgan fingerprint density at radius 1 is 1.24 bits per heavy atom. The average Bonchev–Trinajstić information content (AvgIpc) is 3.06. The van der Waals surface area contributed by atoms with Crippen LogP contribution in [0.3, 0.4) is 0 Å². The maximum atomic E-state index is 12.5. The first-order valence-electron chi connectivity index (χ1n) is 9.68. The van der Waals surface area contributed by atoms with Crippen LogP contribution >= 0.6 is 11.6 Å². The number of halogens is 1. The van der Waals surface area contributed by atoms with Crippen LogP contribution in [0.15, 0.2) is 36.4 Å². The Morgan fingerprint density at radius 3 is 2.76 bits per heavy atom. The van der Waals surface area contributed by atoms with E-state index in [-0.39, 0.29) is 30.0 Å². The molecule has 1 aliphatic carbocycles. The molecule has 2 aromatic rings. The topological polar surface area (TPSA) is 81.7 Å². The largest absolute Gasteiger partial charge is 0.395 e. The second-order valence-corrected chi connectivity index (χ2v) is 8.61. The van der Waals surface area contributed by atoms with Crippen LogP contribution in [-0.4, -0.2) is 35.1 Å². The number of nitrogens with zero attached hydrogens (tertiary/aromatic N) is 1. The summed E-state index contributed by atoms with van der Waals surface area (Å²) in [5, 5.41) is 15.7. The summed E-state index contributed by atoms with van der Waals surface area (Å²) in [5.74, 6) is 0.0755. The Balaban J connectivity index is 1.54. The molecule has 0 aromatic heterocycles. The van der Waals surface area contributed by atoms with E-state index < -0.39 is 0 Å².